The van der Waals surface area contributed by atoms with Gasteiger partial charge in [-0.25, -0.2) is 0 Å². The fourth-order valence-electron chi connectivity index (χ4n) is 1.57. The zero-order valence-electron chi connectivity index (χ0n) is 7.25. The first kappa shape index (κ1) is 9.65. The Balaban J connectivity index is 2.85. The fraction of sp³-hybridized carbons (Fsp3) is 0.667. The molecule has 68 valence electrons. The predicted octanol–water partition coefficient (Wildman–Crippen LogP) is 2.16. The molecule has 1 fully saturated rings. The van der Waals surface area contributed by atoms with Gasteiger partial charge in [-0.3, -0.25) is 4.79 Å². The first-order chi connectivity index (χ1) is 5.63. The van der Waals surface area contributed by atoms with Crippen molar-refractivity contribution >= 4 is 17.7 Å². The molecule has 0 aromatic heterocycles. The Kier molecular flexibility index (Phi) is 2.83. The molecule has 0 radical (unpaired) electrons. The van der Waals surface area contributed by atoms with E-state index in [0.29, 0.717) is 0 Å². The van der Waals surface area contributed by atoms with Crippen molar-refractivity contribution in [1.29, 1.82) is 0 Å². The third kappa shape index (κ3) is 1.38. The van der Waals surface area contributed by atoms with E-state index in [1.54, 1.807) is 17.8 Å². The lowest BCUT2D eigenvalue weighted by Gasteiger charge is -2.27. The van der Waals surface area contributed by atoms with Gasteiger partial charge < -0.3 is 5.11 Å². The molecule has 0 aromatic rings. The molecule has 2 unspecified atom stereocenters. The minimum atomic E-state index is -0.683. The summed E-state index contributed by atoms with van der Waals surface area (Å²) in [5.74, 6) is 0.338. The van der Waals surface area contributed by atoms with E-state index in [2.05, 4.69) is 6.58 Å². The van der Waals surface area contributed by atoms with Crippen molar-refractivity contribution in [1.82, 2.24) is 0 Å². The fourth-order valence-corrected chi connectivity index (χ4v) is 3.00. The lowest BCUT2D eigenvalue weighted by atomic mass is 9.89. The Morgan fingerprint density at radius 2 is 2.50 bits per heavy atom. The van der Waals surface area contributed by atoms with Crippen LogP contribution in [0.25, 0.3) is 0 Å². The monoisotopic (exact) mass is 186 g/mol. The summed E-state index contributed by atoms with van der Waals surface area (Å²) < 4.78 is -0.582. The molecule has 1 saturated heterocycles. The molecule has 0 saturated carbocycles. The number of hydrogen-bond acceptors (Lipinski definition) is 2. The second kappa shape index (κ2) is 3.52. The molecule has 1 aliphatic heterocycles. The maximum Gasteiger partial charge on any atom is 0.320 e. The number of aliphatic carboxylic acids is 1. The summed E-state index contributed by atoms with van der Waals surface area (Å²) in [4.78, 5) is 11.1. The summed E-state index contributed by atoms with van der Waals surface area (Å²) in [7, 11) is 0. The van der Waals surface area contributed by atoms with Crippen molar-refractivity contribution in [3.63, 3.8) is 0 Å². The van der Waals surface area contributed by atoms with Crippen LogP contribution in [0.2, 0.25) is 0 Å². The van der Waals surface area contributed by atoms with Crippen LogP contribution < -0.4 is 0 Å². The number of hydrogen-bond donors (Lipinski definition) is 1. The lowest BCUT2D eigenvalue weighted by Crippen LogP contribution is -2.38. The van der Waals surface area contributed by atoms with Gasteiger partial charge in [-0.05, 0) is 24.5 Å². The molecule has 0 amide bonds. The Morgan fingerprint density at radius 3 is 2.83 bits per heavy atom. The standard InChI is InChI=1S/C9H14O2S/c1-3-7(2)9(8(10)11)5-4-6-12-9/h3,7H,1,4-6H2,2H3,(H,10,11). The van der Waals surface area contributed by atoms with Crippen molar-refractivity contribution in [2.45, 2.75) is 24.5 Å². The molecule has 1 aliphatic rings. The third-order valence-corrected chi connectivity index (χ3v) is 4.26. The summed E-state index contributed by atoms with van der Waals surface area (Å²) in [5.41, 5.74) is 0. The number of carboxylic acid groups (broad SMARTS) is 1. The van der Waals surface area contributed by atoms with E-state index in [-0.39, 0.29) is 5.92 Å². The van der Waals surface area contributed by atoms with Crippen molar-refractivity contribution in [2.75, 3.05) is 5.75 Å². The molecule has 1 heterocycles. The van der Waals surface area contributed by atoms with Crippen molar-refractivity contribution in [3.05, 3.63) is 12.7 Å². The van der Waals surface area contributed by atoms with Crippen LogP contribution in [-0.4, -0.2) is 21.6 Å². The van der Waals surface area contributed by atoms with Crippen LogP contribution in [0.1, 0.15) is 19.8 Å². The summed E-state index contributed by atoms with van der Waals surface area (Å²) in [6, 6.07) is 0. The largest absolute Gasteiger partial charge is 0.480 e. The van der Waals surface area contributed by atoms with E-state index in [1.807, 2.05) is 6.92 Å². The quantitative estimate of drug-likeness (QED) is 0.686. The van der Waals surface area contributed by atoms with Gasteiger partial charge in [0.2, 0.25) is 0 Å². The van der Waals surface area contributed by atoms with Crippen LogP contribution in [0.3, 0.4) is 0 Å². The zero-order valence-corrected chi connectivity index (χ0v) is 8.06. The van der Waals surface area contributed by atoms with E-state index in [4.69, 9.17) is 5.11 Å². The first-order valence-electron chi connectivity index (χ1n) is 4.13. The van der Waals surface area contributed by atoms with Gasteiger partial charge in [0.05, 0.1) is 0 Å². The van der Waals surface area contributed by atoms with Crippen molar-refractivity contribution < 1.29 is 9.90 Å². The normalized spacial score (nSPS) is 31.4. The minimum absolute atomic E-state index is 0.0579. The highest BCUT2D eigenvalue weighted by atomic mass is 32.2. The number of carbonyl (C=O) groups is 1. The zero-order chi connectivity index (χ0) is 9.19. The summed E-state index contributed by atoms with van der Waals surface area (Å²) in [5, 5.41) is 9.10. The van der Waals surface area contributed by atoms with E-state index in [1.165, 1.54) is 0 Å². The Morgan fingerprint density at radius 1 is 1.83 bits per heavy atom. The Hall–Kier alpha value is -0.440. The summed E-state index contributed by atoms with van der Waals surface area (Å²) in [6.45, 7) is 5.59. The highest BCUT2D eigenvalue weighted by Gasteiger charge is 2.45. The molecule has 1 rings (SSSR count). The summed E-state index contributed by atoms with van der Waals surface area (Å²) in [6.07, 6.45) is 3.53. The molecule has 0 aliphatic carbocycles. The molecular weight excluding hydrogens is 172 g/mol. The number of carboxylic acids is 1. The van der Waals surface area contributed by atoms with Crippen LogP contribution in [0.15, 0.2) is 12.7 Å². The third-order valence-electron chi connectivity index (χ3n) is 2.50. The smallest absolute Gasteiger partial charge is 0.320 e. The van der Waals surface area contributed by atoms with Gasteiger partial charge in [0.25, 0.3) is 0 Å². The SMILES string of the molecule is C=CC(C)C1(C(=O)O)CCCS1. The molecule has 12 heavy (non-hydrogen) atoms. The van der Waals surface area contributed by atoms with Gasteiger partial charge in [0, 0.05) is 0 Å². The van der Waals surface area contributed by atoms with Gasteiger partial charge in [0.1, 0.15) is 4.75 Å². The van der Waals surface area contributed by atoms with Crippen LogP contribution in [0, 0.1) is 5.92 Å². The van der Waals surface area contributed by atoms with Gasteiger partial charge in [-0.15, -0.1) is 18.3 Å². The minimum Gasteiger partial charge on any atom is -0.480 e. The average molecular weight is 186 g/mol. The van der Waals surface area contributed by atoms with Gasteiger partial charge in [0.15, 0.2) is 0 Å². The van der Waals surface area contributed by atoms with Crippen molar-refractivity contribution in [2.24, 2.45) is 5.92 Å². The summed E-state index contributed by atoms with van der Waals surface area (Å²) >= 11 is 1.56. The molecule has 0 aromatic carbocycles. The number of thioether (sulfide) groups is 1. The van der Waals surface area contributed by atoms with Crippen LogP contribution >= 0.6 is 11.8 Å². The molecular formula is C9H14O2S. The van der Waals surface area contributed by atoms with E-state index in [0.717, 1.165) is 18.6 Å². The molecule has 1 N–H and O–H groups in total. The second-order valence-corrected chi connectivity index (χ2v) is 4.60. The highest BCUT2D eigenvalue weighted by molar-refractivity contribution is 8.01. The molecule has 2 nitrogen and oxygen atoms in total. The molecule has 3 heteroatoms. The van der Waals surface area contributed by atoms with Crippen LogP contribution in [0.4, 0.5) is 0 Å². The lowest BCUT2D eigenvalue weighted by molar-refractivity contribution is -0.140. The second-order valence-electron chi connectivity index (χ2n) is 3.17. The molecule has 0 spiro atoms. The van der Waals surface area contributed by atoms with Crippen LogP contribution in [-0.2, 0) is 4.79 Å². The van der Waals surface area contributed by atoms with Crippen LogP contribution in [0.5, 0.6) is 0 Å². The predicted molar refractivity (Wildman–Crippen MR) is 51.4 cm³/mol. The van der Waals surface area contributed by atoms with Gasteiger partial charge in [-0.1, -0.05) is 13.0 Å². The molecule has 0 bridgehead atoms. The number of rotatable bonds is 3. The Bertz CT molecular complexity index is 195. The van der Waals surface area contributed by atoms with Gasteiger partial charge in [-0.2, -0.15) is 0 Å². The van der Waals surface area contributed by atoms with E-state index in [9.17, 15) is 4.79 Å². The number of allylic oxidation sites excluding steroid dienone is 1. The first-order valence-corrected chi connectivity index (χ1v) is 5.12. The van der Waals surface area contributed by atoms with Gasteiger partial charge >= 0.3 is 5.97 Å². The highest BCUT2D eigenvalue weighted by Crippen LogP contribution is 2.44. The topological polar surface area (TPSA) is 37.3 Å². The maximum absolute atomic E-state index is 11.1. The molecule has 2 atom stereocenters. The maximum atomic E-state index is 11.1. The van der Waals surface area contributed by atoms with E-state index >= 15 is 0 Å². The van der Waals surface area contributed by atoms with Crippen molar-refractivity contribution in [3.8, 4) is 0 Å². The van der Waals surface area contributed by atoms with E-state index < -0.39 is 10.7 Å². The average Bonchev–Trinajstić information content (AvgIpc) is 2.52. The Labute approximate surface area is 77.0 Å².